The number of ether oxygens (including phenoxy) is 3. The number of carbonyl (C=O) groups is 1. The number of amides is 1. The van der Waals surface area contributed by atoms with Gasteiger partial charge in [0.25, 0.3) is 0 Å². The lowest BCUT2D eigenvalue weighted by atomic mass is 9.87. The van der Waals surface area contributed by atoms with Gasteiger partial charge in [-0.2, -0.15) is 0 Å². The van der Waals surface area contributed by atoms with Crippen molar-refractivity contribution in [3.8, 4) is 11.5 Å². The molecule has 1 heterocycles. The Labute approximate surface area is 217 Å². The van der Waals surface area contributed by atoms with E-state index in [9.17, 15) is 9.18 Å². The van der Waals surface area contributed by atoms with Crippen molar-refractivity contribution in [1.29, 1.82) is 0 Å². The largest absolute Gasteiger partial charge is 0.497 e. The summed E-state index contributed by atoms with van der Waals surface area (Å²) in [4.78, 5) is 13.1. The van der Waals surface area contributed by atoms with Crippen molar-refractivity contribution in [3.63, 3.8) is 0 Å². The van der Waals surface area contributed by atoms with E-state index in [1.54, 1.807) is 33.5 Å². The molecule has 0 bridgehead atoms. The van der Waals surface area contributed by atoms with E-state index >= 15 is 0 Å². The van der Waals surface area contributed by atoms with Gasteiger partial charge in [-0.25, -0.2) is 4.39 Å². The first kappa shape index (κ1) is 26.2. The Kier molecular flexibility index (Phi) is 8.80. The van der Waals surface area contributed by atoms with Gasteiger partial charge in [-0.05, 0) is 53.4 Å². The summed E-state index contributed by atoms with van der Waals surface area (Å²) in [6, 6.07) is 20.4. The number of methoxy groups -OCH3 is 3. The predicted octanol–water partition coefficient (Wildman–Crippen LogP) is 5.52. The fraction of sp³-hybridized carbons (Fsp3) is 0.300. The number of carbonyl (C=O) groups excluding carboxylic acids is 1. The summed E-state index contributed by atoms with van der Waals surface area (Å²) in [5.74, 6) is 0.777. The molecule has 7 heteroatoms. The number of benzene rings is 3. The van der Waals surface area contributed by atoms with E-state index in [1.165, 1.54) is 12.1 Å². The molecule has 37 heavy (non-hydrogen) atoms. The van der Waals surface area contributed by atoms with Gasteiger partial charge in [-0.1, -0.05) is 30.3 Å². The summed E-state index contributed by atoms with van der Waals surface area (Å²) in [6.07, 6.45) is 3.10. The highest BCUT2D eigenvalue weighted by Crippen LogP contribution is 2.38. The number of para-hydroxylation sites is 1. The number of hydrogen-bond donors (Lipinski definition) is 1. The Bertz CT molecular complexity index is 1310. The fourth-order valence-electron chi connectivity index (χ4n) is 4.61. The molecule has 1 amide bonds. The first-order valence-electron chi connectivity index (χ1n) is 12.3. The van der Waals surface area contributed by atoms with Gasteiger partial charge >= 0.3 is 0 Å². The van der Waals surface area contributed by atoms with E-state index in [4.69, 9.17) is 14.2 Å². The first-order valence-corrected chi connectivity index (χ1v) is 12.3. The third kappa shape index (κ3) is 6.49. The van der Waals surface area contributed by atoms with Crippen molar-refractivity contribution in [2.45, 2.75) is 25.3 Å². The van der Waals surface area contributed by atoms with Crippen LogP contribution in [0.4, 0.5) is 4.39 Å². The van der Waals surface area contributed by atoms with Gasteiger partial charge in [-0.3, -0.25) is 4.79 Å². The van der Waals surface area contributed by atoms with Crippen LogP contribution in [0.15, 0.2) is 72.9 Å². The number of aromatic nitrogens is 1. The zero-order valence-corrected chi connectivity index (χ0v) is 21.5. The smallest absolute Gasteiger partial charge is 0.220 e. The summed E-state index contributed by atoms with van der Waals surface area (Å²) < 4.78 is 31.8. The molecule has 1 aromatic heterocycles. The van der Waals surface area contributed by atoms with E-state index in [0.717, 1.165) is 34.0 Å². The molecule has 0 saturated carbocycles. The summed E-state index contributed by atoms with van der Waals surface area (Å²) in [5.41, 5.74) is 3.99. The van der Waals surface area contributed by atoms with Crippen molar-refractivity contribution < 1.29 is 23.4 Å². The molecule has 0 radical (unpaired) electrons. The minimum absolute atomic E-state index is 0.0433. The van der Waals surface area contributed by atoms with Crippen LogP contribution < -0.4 is 14.8 Å². The normalized spacial score (nSPS) is 11.9. The monoisotopic (exact) mass is 504 g/mol. The molecule has 0 saturated heterocycles. The lowest BCUT2D eigenvalue weighted by molar-refractivity contribution is -0.121. The zero-order chi connectivity index (χ0) is 26.2. The van der Waals surface area contributed by atoms with Gasteiger partial charge in [0.15, 0.2) is 0 Å². The van der Waals surface area contributed by atoms with Crippen LogP contribution in [0.1, 0.15) is 35.4 Å². The molecule has 1 N–H and O–H groups in total. The third-order valence-electron chi connectivity index (χ3n) is 6.47. The Morgan fingerprint density at radius 3 is 2.35 bits per heavy atom. The van der Waals surface area contributed by atoms with Gasteiger partial charge < -0.3 is 24.1 Å². The molecule has 0 fully saturated rings. The number of fused-ring (bicyclic) bond motifs is 1. The molecular formula is C30H33FN2O4. The summed E-state index contributed by atoms with van der Waals surface area (Å²) in [6.45, 7) is 1.72. The highest BCUT2D eigenvalue weighted by Gasteiger charge is 2.24. The second-order valence-electron chi connectivity index (χ2n) is 8.95. The Morgan fingerprint density at radius 2 is 1.68 bits per heavy atom. The van der Waals surface area contributed by atoms with Gasteiger partial charge in [0, 0.05) is 62.3 Å². The van der Waals surface area contributed by atoms with Crippen molar-refractivity contribution in [3.05, 3.63) is 95.4 Å². The van der Waals surface area contributed by atoms with E-state index in [2.05, 4.69) is 28.2 Å². The van der Waals surface area contributed by atoms with Gasteiger partial charge in [0.2, 0.25) is 5.91 Å². The second-order valence-corrected chi connectivity index (χ2v) is 8.95. The summed E-state index contributed by atoms with van der Waals surface area (Å²) >= 11 is 0. The highest BCUT2D eigenvalue weighted by atomic mass is 19.1. The average molecular weight is 505 g/mol. The summed E-state index contributed by atoms with van der Waals surface area (Å²) in [5, 5.41) is 4.08. The molecule has 3 aromatic carbocycles. The third-order valence-corrected chi connectivity index (χ3v) is 6.47. The Morgan fingerprint density at radius 1 is 0.973 bits per heavy atom. The van der Waals surface area contributed by atoms with Crippen molar-refractivity contribution >= 4 is 16.8 Å². The number of halogens is 1. The van der Waals surface area contributed by atoms with Crippen LogP contribution in [-0.2, 0) is 16.1 Å². The van der Waals surface area contributed by atoms with Crippen LogP contribution in [0.25, 0.3) is 10.9 Å². The molecule has 1 unspecified atom stereocenters. The van der Waals surface area contributed by atoms with Crippen LogP contribution in [-0.4, -0.2) is 45.0 Å². The number of rotatable bonds is 12. The molecule has 0 aliphatic carbocycles. The van der Waals surface area contributed by atoms with Gasteiger partial charge in [0.05, 0.1) is 14.2 Å². The maximum Gasteiger partial charge on any atom is 0.220 e. The molecule has 4 aromatic rings. The zero-order valence-electron chi connectivity index (χ0n) is 21.5. The SMILES string of the molecule is COCCCNC(=O)CC(c1cc(OC)cc(OC)c1)c1cn(Cc2ccc(F)cc2)c2ccccc12. The van der Waals surface area contributed by atoms with E-state index in [-0.39, 0.29) is 24.1 Å². The van der Waals surface area contributed by atoms with Crippen molar-refractivity contribution in [2.24, 2.45) is 0 Å². The molecule has 194 valence electrons. The minimum atomic E-state index is -0.259. The Hall–Kier alpha value is -3.84. The first-order chi connectivity index (χ1) is 18.0. The van der Waals surface area contributed by atoms with Gasteiger partial charge in [0.1, 0.15) is 17.3 Å². The number of hydrogen-bond acceptors (Lipinski definition) is 4. The maximum atomic E-state index is 13.5. The van der Waals surface area contributed by atoms with Crippen LogP contribution >= 0.6 is 0 Å². The molecule has 0 aliphatic heterocycles. The fourth-order valence-corrected chi connectivity index (χ4v) is 4.61. The predicted molar refractivity (Wildman–Crippen MR) is 143 cm³/mol. The molecular weight excluding hydrogens is 471 g/mol. The molecule has 0 spiro atoms. The number of nitrogens with one attached hydrogen (secondary N) is 1. The lowest BCUT2D eigenvalue weighted by Crippen LogP contribution is -2.27. The minimum Gasteiger partial charge on any atom is -0.497 e. The van der Waals surface area contributed by atoms with Crippen LogP contribution in [0.2, 0.25) is 0 Å². The topological polar surface area (TPSA) is 61.7 Å². The molecule has 0 aliphatic rings. The molecule has 1 atom stereocenters. The van der Waals surface area contributed by atoms with Crippen LogP contribution in [0, 0.1) is 5.82 Å². The van der Waals surface area contributed by atoms with E-state index in [0.29, 0.717) is 31.2 Å². The standard InChI is InChI=1S/C30H33FN2O4/c1-35-14-6-13-32-30(34)18-27(22-15-24(36-2)17-25(16-22)37-3)28-20-33(29-8-5-4-7-26(28)29)19-21-9-11-23(31)12-10-21/h4-5,7-12,15-17,20,27H,6,13-14,18-19H2,1-3H3,(H,32,34). The second kappa shape index (κ2) is 12.4. The quantitative estimate of drug-likeness (QED) is 0.258. The Balaban J connectivity index is 1.76. The molecule has 6 nitrogen and oxygen atoms in total. The maximum absolute atomic E-state index is 13.5. The average Bonchev–Trinajstić information content (AvgIpc) is 3.28. The van der Waals surface area contributed by atoms with E-state index in [1.807, 2.05) is 30.3 Å². The van der Waals surface area contributed by atoms with Crippen LogP contribution in [0.5, 0.6) is 11.5 Å². The van der Waals surface area contributed by atoms with Crippen molar-refractivity contribution in [1.82, 2.24) is 9.88 Å². The number of nitrogens with zero attached hydrogens (tertiary/aromatic N) is 1. The molecule has 4 rings (SSSR count). The van der Waals surface area contributed by atoms with Crippen LogP contribution in [0.3, 0.4) is 0 Å². The van der Waals surface area contributed by atoms with Crippen molar-refractivity contribution in [2.75, 3.05) is 34.5 Å². The van der Waals surface area contributed by atoms with E-state index < -0.39 is 0 Å². The highest BCUT2D eigenvalue weighted by molar-refractivity contribution is 5.87. The van der Waals surface area contributed by atoms with Gasteiger partial charge in [-0.15, -0.1) is 0 Å². The lowest BCUT2D eigenvalue weighted by Gasteiger charge is -2.19. The summed E-state index contributed by atoms with van der Waals surface area (Å²) in [7, 11) is 4.88.